The monoisotopic (exact) mass is 436 g/mol. The number of hydrogen-bond donors (Lipinski definition) is 0. The summed E-state index contributed by atoms with van der Waals surface area (Å²) in [5.41, 5.74) is 1.92. The highest BCUT2D eigenvalue weighted by molar-refractivity contribution is 6.31. The van der Waals surface area contributed by atoms with Crippen LogP contribution in [0, 0.1) is 0 Å². The smallest absolute Gasteiger partial charge is 0.261 e. The Labute approximate surface area is 184 Å². The van der Waals surface area contributed by atoms with Crippen LogP contribution in [-0.2, 0) is 6.54 Å². The molecule has 0 fully saturated rings. The summed E-state index contributed by atoms with van der Waals surface area (Å²) in [6, 6.07) is 18.3. The van der Waals surface area contributed by atoms with Gasteiger partial charge in [-0.05, 0) is 35.9 Å². The van der Waals surface area contributed by atoms with Gasteiger partial charge >= 0.3 is 0 Å². The summed E-state index contributed by atoms with van der Waals surface area (Å²) in [5.74, 6) is 1.89. The molecular formula is C24H21ClN2O4. The topological polar surface area (TPSA) is 62.6 Å². The van der Waals surface area contributed by atoms with Gasteiger partial charge in [-0.2, -0.15) is 0 Å². The zero-order chi connectivity index (χ0) is 22.0. The van der Waals surface area contributed by atoms with Crippen LogP contribution in [0.25, 0.3) is 22.3 Å². The highest BCUT2D eigenvalue weighted by Crippen LogP contribution is 2.41. The lowest BCUT2D eigenvalue weighted by molar-refractivity contribution is 0.324. The van der Waals surface area contributed by atoms with Gasteiger partial charge in [-0.25, -0.2) is 4.98 Å². The summed E-state index contributed by atoms with van der Waals surface area (Å²) in [7, 11) is 4.64. The predicted molar refractivity (Wildman–Crippen MR) is 122 cm³/mol. The van der Waals surface area contributed by atoms with Gasteiger partial charge in [0.2, 0.25) is 5.75 Å². The molecule has 0 bridgehead atoms. The minimum absolute atomic E-state index is 0.158. The summed E-state index contributed by atoms with van der Waals surface area (Å²) in [4.78, 5) is 18.3. The van der Waals surface area contributed by atoms with Gasteiger partial charge in [0.25, 0.3) is 5.56 Å². The predicted octanol–water partition coefficient (Wildman–Crippen LogP) is 4.79. The van der Waals surface area contributed by atoms with Crippen molar-refractivity contribution < 1.29 is 14.2 Å². The minimum Gasteiger partial charge on any atom is -0.493 e. The van der Waals surface area contributed by atoms with Gasteiger partial charge in [-0.15, -0.1) is 0 Å². The van der Waals surface area contributed by atoms with E-state index in [4.69, 9.17) is 30.8 Å². The number of rotatable bonds is 6. The number of fused-ring (bicyclic) bond motifs is 1. The van der Waals surface area contributed by atoms with Crippen molar-refractivity contribution in [3.8, 4) is 28.6 Å². The lowest BCUT2D eigenvalue weighted by Gasteiger charge is -2.17. The first-order valence-electron chi connectivity index (χ1n) is 9.60. The number of methoxy groups -OCH3 is 3. The van der Waals surface area contributed by atoms with E-state index in [1.54, 1.807) is 50.2 Å². The van der Waals surface area contributed by atoms with Crippen molar-refractivity contribution in [1.29, 1.82) is 0 Å². The van der Waals surface area contributed by atoms with E-state index in [1.807, 2.05) is 36.4 Å². The Kier molecular flexibility index (Phi) is 5.82. The van der Waals surface area contributed by atoms with E-state index < -0.39 is 0 Å². The molecule has 1 heterocycles. The summed E-state index contributed by atoms with van der Waals surface area (Å²) in [5, 5.41) is 1.11. The van der Waals surface area contributed by atoms with Gasteiger partial charge in [-0.3, -0.25) is 9.36 Å². The third-order valence-corrected chi connectivity index (χ3v) is 5.44. The van der Waals surface area contributed by atoms with Crippen LogP contribution in [0.4, 0.5) is 0 Å². The van der Waals surface area contributed by atoms with E-state index in [-0.39, 0.29) is 12.1 Å². The standard InChI is InChI=1S/C24H21ClN2O4/c1-29-20-12-16(13-21(30-2)22(20)31-3)23-26-19-11-7-5-9-17(19)24(28)27(23)14-15-8-4-6-10-18(15)25/h4-13H,14H2,1-3H3. The molecule has 0 amide bonds. The second-order valence-corrected chi connectivity index (χ2v) is 7.26. The molecule has 4 aromatic rings. The third-order valence-electron chi connectivity index (χ3n) is 5.07. The van der Waals surface area contributed by atoms with Crippen LogP contribution in [-0.4, -0.2) is 30.9 Å². The van der Waals surface area contributed by atoms with Crippen molar-refractivity contribution in [1.82, 2.24) is 9.55 Å². The Morgan fingerprint density at radius 3 is 2.19 bits per heavy atom. The first kappa shape index (κ1) is 20.8. The minimum atomic E-state index is -0.158. The average Bonchev–Trinajstić information content (AvgIpc) is 2.81. The molecule has 7 heteroatoms. The second-order valence-electron chi connectivity index (χ2n) is 6.85. The largest absolute Gasteiger partial charge is 0.493 e. The molecule has 0 saturated carbocycles. The molecule has 158 valence electrons. The molecule has 0 N–H and O–H groups in total. The lowest BCUT2D eigenvalue weighted by Crippen LogP contribution is -2.24. The van der Waals surface area contributed by atoms with Crippen LogP contribution < -0.4 is 19.8 Å². The Balaban J connectivity index is 2.01. The summed E-state index contributed by atoms with van der Waals surface area (Å²) >= 11 is 6.39. The molecule has 0 unspecified atom stereocenters. The number of benzene rings is 3. The maximum absolute atomic E-state index is 13.5. The third kappa shape index (κ3) is 3.82. The molecule has 0 aliphatic carbocycles. The molecule has 0 aliphatic heterocycles. The first-order chi connectivity index (χ1) is 15.1. The summed E-state index contributed by atoms with van der Waals surface area (Å²) in [6.45, 7) is 0.266. The van der Waals surface area contributed by atoms with Crippen LogP contribution in [0.15, 0.2) is 65.5 Å². The van der Waals surface area contributed by atoms with Crippen LogP contribution in [0.5, 0.6) is 17.2 Å². The van der Waals surface area contributed by atoms with E-state index in [0.717, 1.165) is 5.56 Å². The number of para-hydroxylation sites is 1. The molecule has 31 heavy (non-hydrogen) atoms. The molecule has 1 aromatic heterocycles. The van der Waals surface area contributed by atoms with Crippen molar-refractivity contribution in [2.24, 2.45) is 0 Å². The Morgan fingerprint density at radius 2 is 1.55 bits per heavy atom. The number of aromatic nitrogens is 2. The molecule has 3 aromatic carbocycles. The maximum atomic E-state index is 13.5. The van der Waals surface area contributed by atoms with Crippen molar-refractivity contribution in [2.75, 3.05) is 21.3 Å². The number of ether oxygens (including phenoxy) is 3. The van der Waals surface area contributed by atoms with Crippen LogP contribution in [0.2, 0.25) is 5.02 Å². The van der Waals surface area contributed by atoms with E-state index >= 15 is 0 Å². The Morgan fingerprint density at radius 1 is 0.903 bits per heavy atom. The van der Waals surface area contributed by atoms with Crippen LogP contribution >= 0.6 is 11.6 Å². The number of hydrogen-bond acceptors (Lipinski definition) is 5. The van der Waals surface area contributed by atoms with Gasteiger partial charge < -0.3 is 14.2 Å². The Bertz CT molecular complexity index is 1290. The maximum Gasteiger partial charge on any atom is 0.261 e. The molecular weight excluding hydrogens is 416 g/mol. The summed E-state index contributed by atoms with van der Waals surface area (Å²) in [6.07, 6.45) is 0. The highest BCUT2D eigenvalue weighted by Gasteiger charge is 2.19. The quantitative estimate of drug-likeness (QED) is 0.435. The van der Waals surface area contributed by atoms with E-state index in [0.29, 0.717) is 44.6 Å². The van der Waals surface area contributed by atoms with Gasteiger partial charge in [-0.1, -0.05) is 41.9 Å². The molecule has 0 radical (unpaired) electrons. The molecule has 4 rings (SSSR count). The van der Waals surface area contributed by atoms with Gasteiger partial charge in [0, 0.05) is 10.6 Å². The fraction of sp³-hybridized carbons (Fsp3) is 0.167. The van der Waals surface area contributed by atoms with Gasteiger partial charge in [0.15, 0.2) is 11.5 Å². The number of halogens is 1. The van der Waals surface area contributed by atoms with E-state index in [1.165, 1.54) is 0 Å². The van der Waals surface area contributed by atoms with Gasteiger partial charge in [0.05, 0.1) is 38.8 Å². The Hall–Kier alpha value is -3.51. The SMILES string of the molecule is COc1cc(-c2nc3ccccc3c(=O)n2Cc2ccccc2Cl)cc(OC)c1OC. The highest BCUT2D eigenvalue weighted by atomic mass is 35.5. The molecule has 6 nitrogen and oxygen atoms in total. The van der Waals surface area contributed by atoms with Crippen LogP contribution in [0.1, 0.15) is 5.56 Å². The lowest BCUT2D eigenvalue weighted by atomic mass is 10.1. The molecule has 0 saturated heterocycles. The molecule has 0 atom stereocenters. The van der Waals surface area contributed by atoms with Crippen molar-refractivity contribution in [3.63, 3.8) is 0 Å². The second kappa shape index (κ2) is 8.70. The van der Waals surface area contributed by atoms with Crippen molar-refractivity contribution in [2.45, 2.75) is 6.54 Å². The van der Waals surface area contributed by atoms with Gasteiger partial charge in [0.1, 0.15) is 5.82 Å². The van der Waals surface area contributed by atoms with E-state index in [2.05, 4.69) is 0 Å². The molecule has 0 aliphatic rings. The fourth-order valence-electron chi connectivity index (χ4n) is 3.54. The molecule has 0 spiro atoms. The van der Waals surface area contributed by atoms with Crippen molar-refractivity contribution >= 4 is 22.5 Å². The average molecular weight is 437 g/mol. The summed E-state index contributed by atoms with van der Waals surface area (Å²) < 4.78 is 18.0. The number of nitrogens with zero attached hydrogens (tertiary/aromatic N) is 2. The fourth-order valence-corrected chi connectivity index (χ4v) is 3.74. The zero-order valence-electron chi connectivity index (χ0n) is 17.4. The van der Waals surface area contributed by atoms with Crippen LogP contribution in [0.3, 0.4) is 0 Å². The zero-order valence-corrected chi connectivity index (χ0v) is 18.1. The normalized spacial score (nSPS) is 10.8. The van der Waals surface area contributed by atoms with E-state index in [9.17, 15) is 4.79 Å². The van der Waals surface area contributed by atoms with Crippen molar-refractivity contribution in [3.05, 3.63) is 81.6 Å². The first-order valence-corrected chi connectivity index (χ1v) is 9.98.